The Morgan fingerprint density at radius 1 is 1.08 bits per heavy atom. The number of hydrogen-bond acceptors (Lipinski definition) is 5. The molecule has 1 aliphatic rings. The smallest absolute Gasteiger partial charge is 0.279 e. The second-order valence-corrected chi connectivity index (χ2v) is 7.45. The molecule has 1 amide bonds. The highest BCUT2D eigenvalue weighted by Gasteiger charge is 2.29. The Balaban J connectivity index is 1.67. The Morgan fingerprint density at radius 3 is 2.56 bits per heavy atom. The number of carbonyl (C=O) groups excluding carboxylic acids is 1. The monoisotopic (exact) mass is 402 g/mol. The molecule has 10 heteroatoms. The summed E-state index contributed by atoms with van der Waals surface area (Å²) < 4.78 is 35.4. The first-order chi connectivity index (χ1) is 11.9. The van der Waals surface area contributed by atoms with Gasteiger partial charge in [-0.3, -0.25) is 10.2 Å². The highest BCUT2D eigenvalue weighted by atomic mass is 35.5. The third kappa shape index (κ3) is 3.82. The summed E-state index contributed by atoms with van der Waals surface area (Å²) >= 11 is 11.7. The van der Waals surface area contributed by atoms with E-state index in [4.69, 9.17) is 32.7 Å². The van der Waals surface area contributed by atoms with Crippen molar-refractivity contribution in [3.63, 3.8) is 0 Å². The van der Waals surface area contributed by atoms with E-state index in [0.29, 0.717) is 11.5 Å². The Bertz CT molecular complexity index is 920. The molecule has 132 valence electrons. The van der Waals surface area contributed by atoms with Gasteiger partial charge in [0.15, 0.2) is 11.5 Å². The summed E-state index contributed by atoms with van der Waals surface area (Å²) in [5.41, 5.74) is 2.09. The van der Waals surface area contributed by atoms with Crippen LogP contribution < -0.4 is 19.7 Å². The van der Waals surface area contributed by atoms with Crippen LogP contribution >= 0.6 is 23.2 Å². The van der Waals surface area contributed by atoms with E-state index in [9.17, 15) is 13.2 Å². The zero-order valence-electron chi connectivity index (χ0n) is 12.5. The Labute approximate surface area is 153 Å². The van der Waals surface area contributed by atoms with Gasteiger partial charge in [0.2, 0.25) is 6.10 Å². The minimum absolute atomic E-state index is 0.0531. The minimum Gasteiger partial charge on any atom is -0.485 e. The third-order valence-corrected chi connectivity index (χ3v) is 5.54. The van der Waals surface area contributed by atoms with Crippen molar-refractivity contribution in [2.24, 2.45) is 0 Å². The van der Waals surface area contributed by atoms with E-state index in [1.54, 1.807) is 24.3 Å². The fourth-order valence-corrected chi connectivity index (χ4v) is 3.70. The molecule has 2 aromatic rings. The summed E-state index contributed by atoms with van der Waals surface area (Å²) in [6.07, 6.45) is -1.01. The van der Waals surface area contributed by atoms with E-state index >= 15 is 0 Å². The number of benzene rings is 2. The lowest BCUT2D eigenvalue weighted by atomic mass is 10.2. The van der Waals surface area contributed by atoms with E-state index < -0.39 is 22.0 Å². The van der Waals surface area contributed by atoms with Gasteiger partial charge < -0.3 is 9.47 Å². The maximum atomic E-state index is 12.2. The SMILES string of the molecule is O=C(NNS(=O)(=O)c1cccc(Cl)c1Cl)[C@@H]1COc2ccccc2O1. The molecule has 0 aromatic heterocycles. The van der Waals surface area contributed by atoms with Crippen LogP contribution in [0.4, 0.5) is 0 Å². The molecule has 2 N–H and O–H groups in total. The number of hydrogen-bond donors (Lipinski definition) is 2. The first-order valence-corrected chi connectivity index (χ1v) is 9.26. The minimum atomic E-state index is -4.10. The Hall–Kier alpha value is -2.00. The van der Waals surface area contributed by atoms with E-state index in [-0.39, 0.29) is 21.5 Å². The normalized spacial score (nSPS) is 16.3. The average Bonchev–Trinajstić information content (AvgIpc) is 2.61. The van der Waals surface area contributed by atoms with Crippen molar-refractivity contribution >= 4 is 39.1 Å². The number of sulfonamides is 1. The van der Waals surface area contributed by atoms with Crippen LogP contribution in [0.2, 0.25) is 10.0 Å². The van der Waals surface area contributed by atoms with Gasteiger partial charge >= 0.3 is 0 Å². The molecule has 0 unspecified atom stereocenters. The number of para-hydroxylation sites is 2. The van der Waals surface area contributed by atoms with E-state index in [1.807, 2.05) is 4.83 Å². The molecule has 0 aliphatic carbocycles. The van der Waals surface area contributed by atoms with Crippen molar-refractivity contribution in [2.45, 2.75) is 11.0 Å². The molecule has 7 nitrogen and oxygen atoms in total. The van der Waals surface area contributed by atoms with Crippen molar-refractivity contribution in [1.29, 1.82) is 0 Å². The lowest BCUT2D eigenvalue weighted by molar-refractivity contribution is -0.130. The average molecular weight is 403 g/mol. The van der Waals surface area contributed by atoms with Crippen molar-refractivity contribution in [3.8, 4) is 11.5 Å². The standard InChI is InChI=1S/C15H12Cl2N2O5S/c16-9-4-3-7-13(14(9)17)25(21,22)19-18-15(20)12-8-23-10-5-1-2-6-11(10)24-12/h1-7,12,19H,8H2,(H,18,20)/t12-/m0/s1. The summed E-state index contributed by atoms with van der Waals surface area (Å²) in [6.45, 7) is -0.0531. The highest BCUT2D eigenvalue weighted by Crippen LogP contribution is 2.31. The van der Waals surface area contributed by atoms with Crippen LogP contribution in [0.5, 0.6) is 11.5 Å². The van der Waals surface area contributed by atoms with Gasteiger partial charge in [-0.15, -0.1) is 4.83 Å². The maximum Gasteiger partial charge on any atom is 0.279 e. The molecule has 0 saturated heterocycles. The van der Waals surface area contributed by atoms with Crippen molar-refractivity contribution in [3.05, 3.63) is 52.5 Å². The molecule has 0 bridgehead atoms. The zero-order valence-corrected chi connectivity index (χ0v) is 14.9. The fourth-order valence-electron chi connectivity index (χ4n) is 2.09. The molecule has 0 spiro atoms. The molecule has 0 fully saturated rings. The lowest BCUT2D eigenvalue weighted by Crippen LogP contribution is -2.50. The third-order valence-electron chi connectivity index (χ3n) is 3.32. The number of ether oxygens (including phenoxy) is 2. The molecule has 25 heavy (non-hydrogen) atoms. The summed E-state index contributed by atoms with van der Waals surface area (Å²) in [5, 5.41) is -0.0615. The van der Waals surface area contributed by atoms with Crippen LogP contribution in [0, 0.1) is 0 Å². The van der Waals surface area contributed by atoms with Crippen LogP contribution in [0.15, 0.2) is 47.4 Å². The van der Waals surface area contributed by atoms with E-state index in [0.717, 1.165) is 0 Å². The Morgan fingerprint density at radius 2 is 1.80 bits per heavy atom. The lowest BCUT2D eigenvalue weighted by Gasteiger charge is -2.25. The van der Waals surface area contributed by atoms with Crippen molar-refractivity contribution in [2.75, 3.05) is 6.61 Å². The molecule has 0 saturated carbocycles. The van der Waals surface area contributed by atoms with Crippen LogP contribution in [-0.2, 0) is 14.8 Å². The first kappa shape index (κ1) is 17.8. The number of nitrogens with one attached hydrogen (secondary N) is 2. The number of rotatable bonds is 4. The van der Waals surface area contributed by atoms with Crippen LogP contribution in [0.3, 0.4) is 0 Å². The number of amides is 1. The molecule has 1 aliphatic heterocycles. The fraction of sp³-hybridized carbons (Fsp3) is 0.133. The van der Waals surface area contributed by atoms with Crippen LogP contribution in [0.1, 0.15) is 0 Å². The van der Waals surface area contributed by atoms with Crippen molar-refractivity contribution < 1.29 is 22.7 Å². The second kappa shape index (κ2) is 7.09. The van der Waals surface area contributed by atoms with E-state index in [2.05, 4.69) is 5.43 Å². The highest BCUT2D eigenvalue weighted by molar-refractivity contribution is 7.89. The first-order valence-electron chi connectivity index (χ1n) is 7.02. The van der Waals surface area contributed by atoms with Gasteiger partial charge in [-0.1, -0.05) is 41.4 Å². The quantitative estimate of drug-likeness (QED) is 0.764. The van der Waals surface area contributed by atoms with Crippen LogP contribution in [0.25, 0.3) is 0 Å². The van der Waals surface area contributed by atoms with Crippen LogP contribution in [-0.4, -0.2) is 27.0 Å². The van der Waals surface area contributed by atoms with Gasteiger partial charge in [-0.05, 0) is 24.3 Å². The predicted molar refractivity (Wildman–Crippen MR) is 91.3 cm³/mol. The maximum absolute atomic E-state index is 12.2. The largest absolute Gasteiger partial charge is 0.485 e. The van der Waals surface area contributed by atoms with E-state index in [1.165, 1.54) is 18.2 Å². The summed E-state index contributed by atoms with van der Waals surface area (Å²) in [6, 6.07) is 11.0. The number of halogens is 2. The molecule has 1 atom stereocenters. The number of fused-ring (bicyclic) bond motifs is 1. The van der Waals surface area contributed by atoms with Gasteiger partial charge in [0.1, 0.15) is 11.5 Å². The van der Waals surface area contributed by atoms with Gasteiger partial charge in [-0.25, -0.2) is 8.42 Å². The molecular formula is C15H12Cl2N2O5S. The number of carbonyl (C=O) groups is 1. The molecule has 3 rings (SSSR count). The molecular weight excluding hydrogens is 391 g/mol. The molecule has 2 aromatic carbocycles. The Kier molecular flexibility index (Phi) is 5.05. The topological polar surface area (TPSA) is 93.7 Å². The molecule has 0 radical (unpaired) electrons. The van der Waals surface area contributed by atoms with Gasteiger partial charge in [0.25, 0.3) is 15.9 Å². The predicted octanol–water partition coefficient (Wildman–Crippen LogP) is 2.14. The molecule has 1 heterocycles. The second-order valence-electron chi connectivity index (χ2n) is 5.01. The summed E-state index contributed by atoms with van der Waals surface area (Å²) in [5.74, 6) is 0.198. The van der Waals surface area contributed by atoms with Crippen molar-refractivity contribution in [1.82, 2.24) is 10.3 Å². The van der Waals surface area contributed by atoms with Gasteiger partial charge in [0.05, 0.1) is 10.0 Å². The van der Waals surface area contributed by atoms with Gasteiger partial charge in [-0.2, -0.15) is 0 Å². The summed E-state index contributed by atoms with van der Waals surface area (Å²) in [7, 11) is -4.10. The number of hydrazine groups is 1. The zero-order chi connectivity index (χ0) is 18.0. The summed E-state index contributed by atoms with van der Waals surface area (Å²) in [4.78, 5) is 13.8. The van der Waals surface area contributed by atoms with Gasteiger partial charge in [0, 0.05) is 0 Å².